The van der Waals surface area contributed by atoms with Gasteiger partial charge in [0.05, 0.1) is 12.3 Å². The Morgan fingerprint density at radius 1 is 1.19 bits per heavy atom. The second-order valence-electron chi connectivity index (χ2n) is 4.21. The number of hydrogen-bond acceptors (Lipinski definition) is 4. The fourth-order valence-corrected chi connectivity index (χ4v) is 2.02. The topological polar surface area (TPSA) is 62.6 Å². The summed E-state index contributed by atoms with van der Waals surface area (Å²) in [6.45, 7) is 0. The Morgan fingerprint density at radius 2 is 1.94 bits per heavy atom. The first kappa shape index (κ1) is 11.4. The molecule has 1 aliphatic rings. The van der Waals surface area contributed by atoms with Gasteiger partial charge in [0.15, 0.2) is 0 Å². The molecule has 86 valence electrons. The molecule has 1 aromatic rings. The van der Waals surface area contributed by atoms with E-state index in [0.29, 0.717) is 11.2 Å². The molecule has 0 radical (unpaired) electrons. The molecule has 2 N–H and O–H groups in total. The standard InChI is InChI=1S/C11H16BNO3/c14-12(15)9-6-11(8-13-7-9)16-10-4-2-1-3-5-10/h6-8,10,14-15H,1-5H2. The number of ether oxygens (including phenoxy) is 1. The lowest BCUT2D eigenvalue weighted by Gasteiger charge is -2.22. The number of pyridine rings is 1. The van der Waals surface area contributed by atoms with Crippen molar-refractivity contribution in [2.24, 2.45) is 0 Å². The van der Waals surface area contributed by atoms with Crippen molar-refractivity contribution in [3.05, 3.63) is 18.5 Å². The van der Waals surface area contributed by atoms with E-state index in [2.05, 4.69) is 4.98 Å². The summed E-state index contributed by atoms with van der Waals surface area (Å²) in [4.78, 5) is 3.93. The van der Waals surface area contributed by atoms with Crippen LogP contribution in [0.4, 0.5) is 0 Å². The summed E-state index contributed by atoms with van der Waals surface area (Å²) in [5, 5.41) is 18.0. The molecule has 1 saturated carbocycles. The molecule has 1 aromatic heterocycles. The largest absolute Gasteiger partial charge is 0.490 e. The normalized spacial score (nSPS) is 17.1. The predicted molar refractivity (Wildman–Crippen MR) is 61.6 cm³/mol. The Kier molecular flexibility index (Phi) is 3.80. The van der Waals surface area contributed by atoms with Gasteiger partial charge in [-0.1, -0.05) is 6.42 Å². The highest BCUT2D eigenvalue weighted by atomic mass is 16.5. The van der Waals surface area contributed by atoms with Gasteiger partial charge in [-0.15, -0.1) is 0 Å². The van der Waals surface area contributed by atoms with Crippen LogP contribution in [0.3, 0.4) is 0 Å². The zero-order valence-corrected chi connectivity index (χ0v) is 9.17. The van der Waals surface area contributed by atoms with E-state index in [0.717, 1.165) is 12.8 Å². The van der Waals surface area contributed by atoms with Gasteiger partial charge < -0.3 is 14.8 Å². The molecule has 4 nitrogen and oxygen atoms in total. The second kappa shape index (κ2) is 5.32. The Balaban J connectivity index is 2.00. The van der Waals surface area contributed by atoms with Crippen LogP contribution < -0.4 is 10.2 Å². The smallest absolute Gasteiger partial charge is 0.489 e. The maximum atomic E-state index is 9.01. The van der Waals surface area contributed by atoms with Crippen molar-refractivity contribution in [2.45, 2.75) is 38.2 Å². The number of rotatable bonds is 3. The SMILES string of the molecule is OB(O)c1cncc(OC2CCCCC2)c1. The molecule has 16 heavy (non-hydrogen) atoms. The van der Waals surface area contributed by atoms with Crippen molar-refractivity contribution in [3.63, 3.8) is 0 Å². The third-order valence-corrected chi connectivity index (χ3v) is 2.89. The zero-order valence-electron chi connectivity index (χ0n) is 9.17. The van der Waals surface area contributed by atoms with Crippen molar-refractivity contribution >= 4 is 12.6 Å². The van der Waals surface area contributed by atoms with E-state index in [9.17, 15) is 0 Å². The van der Waals surface area contributed by atoms with Crippen LogP contribution in [0.1, 0.15) is 32.1 Å². The average molecular weight is 221 g/mol. The van der Waals surface area contributed by atoms with E-state index in [1.807, 2.05) is 0 Å². The van der Waals surface area contributed by atoms with E-state index in [4.69, 9.17) is 14.8 Å². The number of hydrogen-bond donors (Lipinski definition) is 2. The average Bonchev–Trinajstić information content (AvgIpc) is 2.30. The predicted octanol–water partition coefficient (Wildman–Crippen LogP) is 0.473. The molecule has 1 fully saturated rings. The van der Waals surface area contributed by atoms with Crippen molar-refractivity contribution in [3.8, 4) is 5.75 Å². The molecule has 0 spiro atoms. The summed E-state index contributed by atoms with van der Waals surface area (Å²) in [6.07, 6.45) is 9.15. The first-order valence-corrected chi connectivity index (χ1v) is 5.73. The fraction of sp³-hybridized carbons (Fsp3) is 0.545. The van der Waals surface area contributed by atoms with Gasteiger partial charge in [0.25, 0.3) is 0 Å². The third-order valence-electron chi connectivity index (χ3n) is 2.89. The summed E-state index contributed by atoms with van der Waals surface area (Å²) in [5.74, 6) is 0.623. The van der Waals surface area contributed by atoms with Crippen LogP contribution in [0.25, 0.3) is 0 Å². The van der Waals surface area contributed by atoms with Crippen molar-refractivity contribution < 1.29 is 14.8 Å². The van der Waals surface area contributed by atoms with E-state index < -0.39 is 7.12 Å². The number of aromatic nitrogens is 1. The minimum Gasteiger partial charge on any atom is -0.489 e. The summed E-state index contributed by atoms with van der Waals surface area (Å²) in [7, 11) is -1.48. The monoisotopic (exact) mass is 221 g/mol. The van der Waals surface area contributed by atoms with Crippen molar-refractivity contribution in [1.82, 2.24) is 4.98 Å². The Morgan fingerprint density at radius 3 is 2.62 bits per heavy atom. The Labute approximate surface area is 95.4 Å². The Hall–Kier alpha value is -1.07. The van der Waals surface area contributed by atoms with Crippen LogP contribution in [0.5, 0.6) is 5.75 Å². The van der Waals surface area contributed by atoms with E-state index in [1.165, 1.54) is 25.5 Å². The molecular weight excluding hydrogens is 205 g/mol. The Bertz CT molecular complexity index is 340. The summed E-state index contributed by atoms with van der Waals surface area (Å²) in [5.41, 5.74) is 0.369. The molecule has 0 aliphatic heterocycles. The molecule has 0 bridgehead atoms. The van der Waals surface area contributed by atoms with Crippen LogP contribution in [0.2, 0.25) is 0 Å². The van der Waals surface area contributed by atoms with Gasteiger partial charge in [0.1, 0.15) is 5.75 Å². The van der Waals surface area contributed by atoms with Crippen LogP contribution in [-0.2, 0) is 0 Å². The summed E-state index contributed by atoms with van der Waals surface area (Å²) in [6, 6.07) is 1.63. The molecule has 0 aromatic carbocycles. The molecular formula is C11H16BNO3. The van der Waals surface area contributed by atoms with Gasteiger partial charge in [0.2, 0.25) is 0 Å². The first-order chi connectivity index (χ1) is 7.75. The van der Waals surface area contributed by atoms with Gasteiger partial charge in [-0.25, -0.2) is 0 Å². The minimum atomic E-state index is -1.48. The van der Waals surface area contributed by atoms with Gasteiger partial charge in [-0.2, -0.15) is 0 Å². The molecule has 0 atom stereocenters. The quantitative estimate of drug-likeness (QED) is 0.728. The highest BCUT2D eigenvalue weighted by molar-refractivity contribution is 6.58. The summed E-state index contributed by atoms with van der Waals surface area (Å²) < 4.78 is 5.76. The van der Waals surface area contributed by atoms with E-state index in [-0.39, 0.29) is 6.10 Å². The van der Waals surface area contributed by atoms with Crippen LogP contribution >= 0.6 is 0 Å². The van der Waals surface area contributed by atoms with Gasteiger partial charge >= 0.3 is 7.12 Å². The molecule has 0 amide bonds. The van der Waals surface area contributed by atoms with Crippen LogP contribution in [-0.4, -0.2) is 28.3 Å². The molecule has 2 rings (SSSR count). The molecule has 0 unspecified atom stereocenters. The third kappa shape index (κ3) is 2.96. The lowest BCUT2D eigenvalue weighted by atomic mass is 9.82. The first-order valence-electron chi connectivity index (χ1n) is 5.73. The molecule has 1 heterocycles. The van der Waals surface area contributed by atoms with E-state index >= 15 is 0 Å². The highest BCUT2D eigenvalue weighted by Crippen LogP contribution is 2.22. The van der Waals surface area contributed by atoms with Crippen molar-refractivity contribution in [1.29, 1.82) is 0 Å². The molecule has 0 saturated heterocycles. The maximum Gasteiger partial charge on any atom is 0.490 e. The van der Waals surface area contributed by atoms with Gasteiger partial charge in [0, 0.05) is 11.7 Å². The van der Waals surface area contributed by atoms with E-state index in [1.54, 1.807) is 12.3 Å². The van der Waals surface area contributed by atoms with Crippen LogP contribution in [0.15, 0.2) is 18.5 Å². The second-order valence-corrected chi connectivity index (χ2v) is 4.21. The lowest BCUT2D eigenvalue weighted by Crippen LogP contribution is -2.30. The van der Waals surface area contributed by atoms with Gasteiger partial charge in [-0.3, -0.25) is 4.98 Å². The van der Waals surface area contributed by atoms with Gasteiger partial charge in [-0.05, 0) is 31.7 Å². The molecule has 5 heteroatoms. The minimum absolute atomic E-state index is 0.252. The lowest BCUT2D eigenvalue weighted by molar-refractivity contribution is 0.154. The fourth-order valence-electron chi connectivity index (χ4n) is 2.02. The zero-order chi connectivity index (χ0) is 11.4. The van der Waals surface area contributed by atoms with Crippen LogP contribution in [0, 0.1) is 0 Å². The molecule has 1 aliphatic carbocycles. The number of nitrogens with zero attached hydrogens (tertiary/aromatic N) is 1. The van der Waals surface area contributed by atoms with Crippen molar-refractivity contribution in [2.75, 3.05) is 0 Å². The highest BCUT2D eigenvalue weighted by Gasteiger charge is 2.17. The maximum absolute atomic E-state index is 9.01. The summed E-state index contributed by atoms with van der Waals surface area (Å²) >= 11 is 0.